The maximum absolute atomic E-state index is 3.53. The fraction of sp³-hybridized carbons (Fsp3) is 1.00. The van der Waals surface area contributed by atoms with Gasteiger partial charge in [-0.25, -0.2) is 0 Å². The molecule has 0 atom stereocenters. The van der Waals surface area contributed by atoms with Gasteiger partial charge in [0, 0.05) is 17.5 Å². The molecule has 0 aromatic rings. The van der Waals surface area contributed by atoms with Crippen LogP contribution in [0.2, 0.25) is 0 Å². The highest BCUT2D eigenvalue weighted by Gasteiger charge is 2.16. The fourth-order valence-corrected chi connectivity index (χ4v) is 1.64. The van der Waals surface area contributed by atoms with Gasteiger partial charge in [-0.2, -0.15) is 11.8 Å². The zero-order chi connectivity index (χ0) is 7.40. The number of thioether (sulfide) groups is 1. The molecule has 0 aliphatic carbocycles. The third-order valence-electron chi connectivity index (χ3n) is 1.79. The van der Waals surface area contributed by atoms with Crippen LogP contribution in [0.1, 0.15) is 20.3 Å². The van der Waals surface area contributed by atoms with E-state index in [0.717, 1.165) is 12.0 Å². The van der Waals surface area contributed by atoms with E-state index in [9.17, 15) is 0 Å². The minimum absolute atomic E-state index is 0.837. The second-order valence-corrected chi connectivity index (χ2v) is 4.45. The van der Waals surface area contributed by atoms with Crippen LogP contribution in [-0.2, 0) is 0 Å². The summed E-state index contributed by atoms with van der Waals surface area (Å²) in [5, 5.41) is 3.53. The lowest BCUT2D eigenvalue weighted by Crippen LogP contribution is -2.40. The van der Waals surface area contributed by atoms with E-state index in [-0.39, 0.29) is 0 Å². The molecular weight excluding hydrogens is 142 g/mol. The first-order valence-corrected chi connectivity index (χ1v) is 5.25. The van der Waals surface area contributed by atoms with Crippen molar-refractivity contribution in [1.82, 2.24) is 5.32 Å². The molecular formula is C8H17NS. The Balaban J connectivity index is 1.85. The van der Waals surface area contributed by atoms with Gasteiger partial charge in [-0.3, -0.25) is 0 Å². The van der Waals surface area contributed by atoms with Gasteiger partial charge in [-0.15, -0.1) is 0 Å². The Morgan fingerprint density at radius 1 is 1.50 bits per heavy atom. The number of nitrogens with one attached hydrogen (secondary N) is 1. The van der Waals surface area contributed by atoms with Crippen LogP contribution >= 0.6 is 11.8 Å². The summed E-state index contributed by atoms with van der Waals surface area (Å²) in [4.78, 5) is 0. The van der Waals surface area contributed by atoms with Crippen molar-refractivity contribution in [2.75, 3.05) is 18.1 Å². The first kappa shape index (κ1) is 8.41. The van der Waals surface area contributed by atoms with Crippen LogP contribution in [0.15, 0.2) is 0 Å². The molecule has 1 aliphatic rings. The normalized spacial score (nSPS) is 19.5. The summed E-state index contributed by atoms with van der Waals surface area (Å²) in [7, 11) is 0. The standard InChI is InChI=1S/C8H17NS/c1-7(2)3-4-9-8-5-10-6-8/h7-9H,3-6H2,1-2H3. The molecule has 0 aromatic heterocycles. The summed E-state index contributed by atoms with van der Waals surface area (Å²) in [6.45, 7) is 5.76. The Labute approximate surface area is 68.0 Å². The van der Waals surface area contributed by atoms with E-state index in [4.69, 9.17) is 0 Å². The topological polar surface area (TPSA) is 12.0 Å². The minimum atomic E-state index is 0.837. The van der Waals surface area contributed by atoms with Crippen molar-refractivity contribution in [1.29, 1.82) is 0 Å². The molecule has 0 saturated carbocycles. The molecule has 0 amide bonds. The molecule has 0 radical (unpaired) electrons. The molecule has 1 saturated heterocycles. The van der Waals surface area contributed by atoms with Gasteiger partial charge in [0.25, 0.3) is 0 Å². The fourth-order valence-electron chi connectivity index (χ4n) is 0.930. The highest BCUT2D eigenvalue weighted by Crippen LogP contribution is 2.17. The van der Waals surface area contributed by atoms with E-state index in [2.05, 4.69) is 19.2 Å². The van der Waals surface area contributed by atoms with Crippen LogP contribution in [0.25, 0.3) is 0 Å². The van der Waals surface area contributed by atoms with E-state index in [1.807, 2.05) is 11.8 Å². The van der Waals surface area contributed by atoms with Crippen molar-refractivity contribution in [3.63, 3.8) is 0 Å². The van der Waals surface area contributed by atoms with E-state index >= 15 is 0 Å². The summed E-state index contributed by atoms with van der Waals surface area (Å²) in [5.74, 6) is 3.51. The predicted octanol–water partition coefficient (Wildman–Crippen LogP) is 1.74. The van der Waals surface area contributed by atoms with E-state index < -0.39 is 0 Å². The highest BCUT2D eigenvalue weighted by molar-refractivity contribution is 8.00. The third kappa shape index (κ3) is 2.93. The smallest absolute Gasteiger partial charge is 0.0248 e. The van der Waals surface area contributed by atoms with Gasteiger partial charge < -0.3 is 5.32 Å². The Morgan fingerprint density at radius 2 is 2.20 bits per heavy atom. The predicted molar refractivity (Wildman–Crippen MR) is 48.6 cm³/mol. The molecule has 60 valence electrons. The van der Waals surface area contributed by atoms with Crippen molar-refractivity contribution < 1.29 is 0 Å². The molecule has 2 heteroatoms. The monoisotopic (exact) mass is 159 g/mol. The Hall–Kier alpha value is 0.310. The first-order valence-electron chi connectivity index (χ1n) is 4.10. The van der Waals surface area contributed by atoms with Crippen LogP contribution in [0.4, 0.5) is 0 Å². The molecule has 0 spiro atoms. The zero-order valence-electron chi connectivity index (χ0n) is 6.89. The summed E-state index contributed by atoms with van der Waals surface area (Å²) >= 11 is 2.04. The summed E-state index contributed by atoms with van der Waals surface area (Å²) < 4.78 is 0. The van der Waals surface area contributed by atoms with Crippen LogP contribution in [0.5, 0.6) is 0 Å². The van der Waals surface area contributed by atoms with Crippen LogP contribution in [-0.4, -0.2) is 24.1 Å². The van der Waals surface area contributed by atoms with Crippen LogP contribution in [0.3, 0.4) is 0 Å². The van der Waals surface area contributed by atoms with Crippen molar-refractivity contribution >= 4 is 11.8 Å². The van der Waals surface area contributed by atoms with Gasteiger partial charge in [0.2, 0.25) is 0 Å². The molecule has 1 rings (SSSR count). The van der Waals surface area contributed by atoms with Gasteiger partial charge in [0.1, 0.15) is 0 Å². The Bertz CT molecular complexity index is 89.3. The lowest BCUT2D eigenvalue weighted by atomic mass is 10.1. The third-order valence-corrected chi connectivity index (χ3v) is 3.07. The zero-order valence-corrected chi connectivity index (χ0v) is 7.71. The van der Waals surface area contributed by atoms with E-state index in [1.54, 1.807) is 0 Å². The van der Waals surface area contributed by atoms with Gasteiger partial charge in [0.05, 0.1) is 0 Å². The molecule has 1 fully saturated rings. The SMILES string of the molecule is CC(C)CCNC1CSC1. The number of rotatable bonds is 4. The second kappa shape index (κ2) is 4.24. The van der Waals surface area contributed by atoms with Crippen molar-refractivity contribution in [2.24, 2.45) is 5.92 Å². The largest absolute Gasteiger partial charge is 0.312 e. The van der Waals surface area contributed by atoms with Crippen LogP contribution < -0.4 is 5.32 Å². The van der Waals surface area contributed by atoms with E-state index in [0.29, 0.717) is 0 Å². The number of hydrogen-bond donors (Lipinski definition) is 1. The van der Waals surface area contributed by atoms with Gasteiger partial charge in [-0.05, 0) is 18.9 Å². The minimum Gasteiger partial charge on any atom is -0.312 e. The van der Waals surface area contributed by atoms with Crippen molar-refractivity contribution in [3.05, 3.63) is 0 Å². The Kier molecular flexibility index (Phi) is 3.57. The maximum Gasteiger partial charge on any atom is 0.0248 e. The summed E-state index contributed by atoms with van der Waals surface area (Å²) in [6.07, 6.45) is 1.32. The molecule has 10 heavy (non-hydrogen) atoms. The molecule has 1 heterocycles. The second-order valence-electron chi connectivity index (χ2n) is 3.37. The summed E-state index contributed by atoms with van der Waals surface area (Å²) in [6, 6.07) is 0.837. The molecule has 1 aliphatic heterocycles. The van der Waals surface area contributed by atoms with Gasteiger partial charge in [-0.1, -0.05) is 13.8 Å². The molecule has 1 N–H and O–H groups in total. The maximum atomic E-state index is 3.53. The quantitative estimate of drug-likeness (QED) is 0.670. The Morgan fingerprint density at radius 3 is 2.60 bits per heavy atom. The first-order chi connectivity index (χ1) is 4.79. The molecule has 0 unspecified atom stereocenters. The highest BCUT2D eigenvalue weighted by atomic mass is 32.2. The summed E-state index contributed by atoms with van der Waals surface area (Å²) in [5.41, 5.74) is 0. The molecule has 0 bridgehead atoms. The van der Waals surface area contributed by atoms with Crippen molar-refractivity contribution in [3.8, 4) is 0 Å². The lowest BCUT2D eigenvalue weighted by molar-refractivity contribution is 0.502. The average Bonchev–Trinajstić information content (AvgIpc) is 1.75. The van der Waals surface area contributed by atoms with Crippen molar-refractivity contribution in [2.45, 2.75) is 26.3 Å². The van der Waals surface area contributed by atoms with E-state index in [1.165, 1.54) is 24.5 Å². The average molecular weight is 159 g/mol. The van der Waals surface area contributed by atoms with Gasteiger partial charge >= 0.3 is 0 Å². The lowest BCUT2D eigenvalue weighted by Gasteiger charge is -2.26. The van der Waals surface area contributed by atoms with Gasteiger partial charge in [0.15, 0.2) is 0 Å². The number of hydrogen-bond acceptors (Lipinski definition) is 2. The molecule has 0 aromatic carbocycles. The van der Waals surface area contributed by atoms with Crippen LogP contribution in [0, 0.1) is 5.92 Å². The molecule has 1 nitrogen and oxygen atoms in total.